The summed E-state index contributed by atoms with van der Waals surface area (Å²) < 4.78 is 18.5. The maximum atomic E-state index is 12.9. The molecule has 1 heterocycles. The van der Waals surface area contributed by atoms with Gasteiger partial charge in [0.2, 0.25) is 0 Å². The summed E-state index contributed by atoms with van der Waals surface area (Å²) in [7, 11) is 0. The summed E-state index contributed by atoms with van der Waals surface area (Å²) in [6.45, 7) is 4.54. The minimum atomic E-state index is -0.312. The first-order valence-electron chi connectivity index (χ1n) is 7.36. The zero-order valence-electron chi connectivity index (χ0n) is 13.2. The van der Waals surface area contributed by atoms with Crippen LogP contribution in [0, 0.1) is 11.7 Å². The van der Waals surface area contributed by atoms with Crippen LogP contribution in [-0.4, -0.2) is 18.5 Å². The Hall–Kier alpha value is -1.85. The van der Waals surface area contributed by atoms with Crippen LogP contribution < -0.4 is 11.1 Å². The van der Waals surface area contributed by atoms with Crippen molar-refractivity contribution in [1.82, 2.24) is 5.32 Å². The molecule has 2 rings (SSSR count). The fraction of sp³-hybridized carbons (Fsp3) is 0.353. The fourth-order valence-electron chi connectivity index (χ4n) is 2.27. The van der Waals surface area contributed by atoms with Gasteiger partial charge in [-0.1, -0.05) is 13.8 Å². The van der Waals surface area contributed by atoms with E-state index in [9.17, 15) is 9.18 Å². The molecule has 2 aromatic rings. The van der Waals surface area contributed by atoms with Gasteiger partial charge in [-0.05, 0) is 48.7 Å². The van der Waals surface area contributed by atoms with E-state index in [0.717, 1.165) is 12.0 Å². The Morgan fingerprint density at radius 3 is 2.43 bits per heavy atom. The van der Waals surface area contributed by atoms with Gasteiger partial charge in [-0.25, -0.2) is 4.39 Å². The molecule has 0 aliphatic carbocycles. The predicted octanol–water partition coefficient (Wildman–Crippen LogP) is 3.61. The lowest BCUT2D eigenvalue weighted by Gasteiger charge is -2.17. The van der Waals surface area contributed by atoms with E-state index in [0.29, 0.717) is 18.2 Å². The lowest BCUT2D eigenvalue weighted by Crippen LogP contribution is -2.40. The van der Waals surface area contributed by atoms with Crippen molar-refractivity contribution in [2.24, 2.45) is 11.7 Å². The summed E-state index contributed by atoms with van der Waals surface area (Å²) in [4.78, 5) is 12.2. The molecule has 1 aromatic carbocycles. The Morgan fingerprint density at radius 1 is 1.22 bits per heavy atom. The number of nitrogens with two attached hydrogens (primary N) is 1. The summed E-state index contributed by atoms with van der Waals surface area (Å²) in [6.07, 6.45) is 0.813. The Morgan fingerprint density at radius 2 is 1.87 bits per heavy atom. The molecule has 0 radical (unpaired) electrons. The van der Waals surface area contributed by atoms with Crippen molar-refractivity contribution in [2.45, 2.75) is 26.3 Å². The third-order valence-corrected chi connectivity index (χ3v) is 3.33. The average molecular weight is 341 g/mol. The number of carbonyl (C=O) groups excluding carboxylic acids is 1. The SMILES string of the molecule is CC(C)CC(CN)NC(=O)c1ccc(-c2ccc(F)cc2)o1.Cl. The number of hydrogen-bond acceptors (Lipinski definition) is 3. The normalized spacial score (nSPS) is 11.9. The summed E-state index contributed by atoms with van der Waals surface area (Å²) >= 11 is 0. The van der Waals surface area contributed by atoms with E-state index in [2.05, 4.69) is 19.2 Å². The number of amides is 1. The van der Waals surface area contributed by atoms with Gasteiger partial charge in [0.25, 0.3) is 5.91 Å². The molecular weight excluding hydrogens is 319 g/mol. The van der Waals surface area contributed by atoms with Gasteiger partial charge < -0.3 is 15.5 Å². The molecule has 0 bridgehead atoms. The lowest BCUT2D eigenvalue weighted by atomic mass is 10.0. The van der Waals surface area contributed by atoms with E-state index in [4.69, 9.17) is 10.2 Å². The highest BCUT2D eigenvalue weighted by Crippen LogP contribution is 2.22. The van der Waals surface area contributed by atoms with Crippen LogP contribution in [0.1, 0.15) is 30.8 Å². The van der Waals surface area contributed by atoms with Crippen LogP contribution in [0.3, 0.4) is 0 Å². The first-order chi connectivity index (χ1) is 10.5. The number of benzene rings is 1. The molecule has 1 aromatic heterocycles. The zero-order chi connectivity index (χ0) is 16.1. The Bertz CT molecular complexity index is 626. The molecule has 0 fully saturated rings. The highest BCUT2D eigenvalue weighted by molar-refractivity contribution is 5.92. The number of halogens is 2. The first-order valence-corrected chi connectivity index (χ1v) is 7.36. The number of carbonyl (C=O) groups is 1. The second-order valence-electron chi connectivity index (χ2n) is 5.71. The topological polar surface area (TPSA) is 68.3 Å². The molecule has 6 heteroatoms. The van der Waals surface area contributed by atoms with Crippen molar-refractivity contribution < 1.29 is 13.6 Å². The van der Waals surface area contributed by atoms with E-state index in [1.54, 1.807) is 24.3 Å². The highest BCUT2D eigenvalue weighted by atomic mass is 35.5. The largest absolute Gasteiger partial charge is 0.451 e. The molecule has 4 nitrogen and oxygen atoms in total. The standard InChI is InChI=1S/C17H21FN2O2.ClH/c1-11(2)9-14(10-19)20-17(21)16-8-7-15(22-16)12-3-5-13(18)6-4-12;/h3-8,11,14H,9-10,19H2,1-2H3,(H,20,21);1H. The molecule has 0 aliphatic heterocycles. The zero-order valence-corrected chi connectivity index (χ0v) is 14.0. The fourth-order valence-corrected chi connectivity index (χ4v) is 2.27. The van der Waals surface area contributed by atoms with E-state index in [1.807, 2.05) is 0 Å². The van der Waals surface area contributed by atoms with Crippen molar-refractivity contribution in [3.8, 4) is 11.3 Å². The lowest BCUT2D eigenvalue weighted by molar-refractivity contribution is 0.0906. The molecule has 0 spiro atoms. The van der Waals surface area contributed by atoms with Crippen molar-refractivity contribution >= 4 is 18.3 Å². The molecule has 1 amide bonds. The number of rotatable bonds is 6. The molecular formula is C17H22ClFN2O2. The van der Waals surface area contributed by atoms with Gasteiger partial charge in [0.05, 0.1) is 0 Å². The van der Waals surface area contributed by atoms with Gasteiger partial charge in [-0.15, -0.1) is 12.4 Å². The Labute approximate surface area is 141 Å². The second kappa shape index (κ2) is 8.70. The molecule has 126 valence electrons. The van der Waals surface area contributed by atoms with Crippen LogP contribution in [0.4, 0.5) is 4.39 Å². The maximum absolute atomic E-state index is 12.9. The molecule has 0 saturated carbocycles. The van der Waals surface area contributed by atoms with Gasteiger partial charge in [0, 0.05) is 18.2 Å². The van der Waals surface area contributed by atoms with Gasteiger partial charge in [0.15, 0.2) is 5.76 Å². The smallest absolute Gasteiger partial charge is 0.287 e. The van der Waals surface area contributed by atoms with E-state index >= 15 is 0 Å². The van der Waals surface area contributed by atoms with Crippen LogP contribution in [0.25, 0.3) is 11.3 Å². The van der Waals surface area contributed by atoms with Gasteiger partial charge in [-0.3, -0.25) is 4.79 Å². The third-order valence-electron chi connectivity index (χ3n) is 3.33. The van der Waals surface area contributed by atoms with E-state index < -0.39 is 0 Å². The van der Waals surface area contributed by atoms with Crippen LogP contribution in [0.2, 0.25) is 0 Å². The number of furan rings is 1. The summed E-state index contributed by atoms with van der Waals surface area (Å²) in [6, 6.07) is 9.15. The molecule has 23 heavy (non-hydrogen) atoms. The number of nitrogens with one attached hydrogen (secondary N) is 1. The molecule has 1 atom stereocenters. The van der Waals surface area contributed by atoms with Crippen LogP contribution in [0.15, 0.2) is 40.8 Å². The third kappa shape index (κ3) is 5.37. The first kappa shape index (κ1) is 19.2. The second-order valence-corrected chi connectivity index (χ2v) is 5.71. The van der Waals surface area contributed by atoms with Crippen molar-refractivity contribution in [3.05, 3.63) is 48.0 Å². The van der Waals surface area contributed by atoms with Crippen molar-refractivity contribution in [2.75, 3.05) is 6.54 Å². The summed E-state index contributed by atoms with van der Waals surface area (Å²) in [5, 5.41) is 2.87. The average Bonchev–Trinajstić information content (AvgIpc) is 2.96. The van der Waals surface area contributed by atoms with E-state index in [1.165, 1.54) is 12.1 Å². The van der Waals surface area contributed by atoms with Crippen LogP contribution in [-0.2, 0) is 0 Å². The van der Waals surface area contributed by atoms with Gasteiger partial charge in [0.1, 0.15) is 11.6 Å². The Balaban J connectivity index is 0.00000264. The molecule has 1 unspecified atom stereocenters. The summed E-state index contributed by atoms with van der Waals surface area (Å²) in [5.74, 6) is 0.595. The number of hydrogen-bond donors (Lipinski definition) is 2. The van der Waals surface area contributed by atoms with Gasteiger partial charge in [-0.2, -0.15) is 0 Å². The minimum absolute atomic E-state index is 0. The monoisotopic (exact) mass is 340 g/mol. The minimum Gasteiger partial charge on any atom is -0.451 e. The maximum Gasteiger partial charge on any atom is 0.287 e. The van der Waals surface area contributed by atoms with Crippen LogP contribution in [0.5, 0.6) is 0 Å². The van der Waals surface area contributed by atoms with Crippen molar-refractivity contribution in [1.29, 1.82) is 0 Å². The van der Waals surface area contributed by atoms with Crippen molar-refractivity contribution in [3.63, 3.8) is 0 Å². The molecule has 0 saturated heterocycles. The molecule has 3 N–H and O–H groups in total. The van der Waals surface area contributed by atoms with E-state index in [-0.39, 0.29) is 35.9 Å². The van der Waals surface area contributed by atoms with Gasteiger partial charge >= 0.3 is 0 Å². The highest BCUT2D eigenvalue weighted by Gasteiger charge is 2.17. The summed E-state index contributed by atoms with van der Waals surface area (Å²) in [5.41, 5.74) is 6.40. The predicted molar refractivity (Wildman–Crippen MR) is 91.1 cm³/mol. The quantitative estimate of drug-likeness (QED) is 0.844. The Kier molecular flexibility index (Phi) is 7.26. The molecule has 0 aliphatic rings. The van der Waals surface area contributed by atoms with Crippen LogP contribution >= 0.6 is 12.4 Å².